The summed E-state index contributed by atoms with van der Waals surface area (Å²) in [5, 5.41) is 12.1. The molecule has 1 aliphatic heterocycles. The Labute approximate surface area is 130 Å². The molecule has 1 amide bonds. The molecule has 1 aromatic rings. The number of benzene rings is 1. The molecule has 2 rings (SSSR count). The number of nitrogens with one attached hydrogen (secondary N) is 1. The number of para-hydroxylation sites is 2. The molecule has 0 bridgehead atoms. The average molecular weight is 334 g/mol. The maximum atomic E-state index is 12.3. The first kappa shape index (κ1) is 17.2. The molecule has 1 atom stereocenters. The second kappa shape index (κ2) is 7.40. The Kier molecular flexibility index (Phi) is 5.54. The molecule has 2 N–H and O–H groups in total. The van der Waals surface area contributed by atoms with Crippen molar-refractivity contribution >= 4 is 6.09 Å². The molecule has 0 aliphatic carbocycles. The highest BCUT2D eigenvalue weighted by Gasteiger charge is 2.32. The van der Waals surface area contributed by atoms with E-state index in [0.29, 0.717) is 26.1 Å². The van der Waals surface area contributed by atoms with Crippen LogP contribution in [0.3, 0.4) is 0 Å². The minimum absolute atomic E-state index is 0.00396. The lowest BCUT2D eigenvalue weighted by Gasteiger charge is -2.31. The number of halogens is 3. The lowest BCUT2D eigenvalue weighted by Crippen LogP contribution is -2.52. The summed E-state index contributed by atoms with van der Waals surface area (Å²) in [5.74, 6) is -0.403. The molecule has 1 aromatic carbocycles. The van der Waals surface area contributed by atoms with Gasteiger partial charge in [0.25, 0.3) is 0 Å². The van der Waals surface area contributed by atoms with Crippen LogP contribution in [-0.4, -0.2) is 54.7 Å². The molecule has 1 aliphatic rings. The molecule has 9 heteroatoms. The van der Waals surface area contributed by atoms with Crippen LogP contribution in [0.25, 0.3) is 0 Å². The molecule has 0 unspecified atom stereocenters. The van der Waals surface area contributed by atoms with Crippen LogP contribution in [0.2, 0.25) is 0 Å². The Hall–Kier alpha value is -2.16. The molecule has 0 saturated carbocycles. The molecule has 1 fully saturated rings. The van der Waals surface area contributed by atoms with Crippen LogP contribution in [0.1, 0.15) is 6.42 Å². The average Bonchev–Trinajstić information content (AvgIpc) is 2.48. The number of rotatable bonds is 5. The zero-order valence-corrected chi connectivity index (χ0v) is 12.2. The van der Waals surface area contributed by atoms with Crippen molar-refractivity contribution in [3.63, 3.8) is 0 Å². The van der Waals surface area contributed by atoms with Crippen molar-refractivity contribution in [1.82, 2.24) is 10.2 Å². The number of alkyl halides is 3. The zero-order chi connectivity index (χ0) is 16.9. The zero-order valence-electron chi connectivity index (χ0n) is 12.2. The highest BCUT2D eigenvalue weighted by molar-refractivity contribution is 5.65. The second-order valence-electron chi connectivity index (χ2n) is 5.01. The normalized spacial score (nSPS) is 18.6. The van der Waals surface area contributed by atoms with E-state index in [9.17, 15) is 18.0 Å². The molecule has 6 nitrogen and oxygen atoms in total. The molecule has 1 heterocycles. The van der Waals surface area contributed by atoms with Crippen LogP contribution < -0.4 is 14.8 Å². The molecule has 128 valence electrons. The first-order valence-corrected chi connectivity index (χ1v) is 7.04. The van der Waals surface area contributed by atoms with E-state index in [1.165, 1.54) is 23.1 Å². The van der Waals surface area contributed by atoms with Crippen molar-refractivity contribution in [2.75, 3.05) is 26.2 Å². The van der Waals surface area contributed by atoms with Crippen molar-refractivity contribution in [1.29, 1.82) is 0 Å². The van der Waals surface area contributed by atoms with Crippen LogP contribution in [0.15, 0.2) is 24.3 Å². The minimum atomic E-state index is -4.79. The Morgan fingerprint density at radius 2 is 2.04 bits per heavy atom. The number of hydrogen-bond donors (Lipinski definition) is 2. The number of piperazine rings is 1. The van der Waals surface area contributed by atoms with Crippen LogP contribution in [0, 0.1) is 0 Å². The Bertz CT molecular complexity index is 539. The van der Waals surface area contributed by atoms with Gasteiger partial charge in [0.1, 0.15) is 0 Å². The standard InChI is InChI=1S/C14H17F3N2O4/c15-14(16,17)23-12-4-2-1-3-11(12)22-8-5-10-9-19(13(20)21)7-6-18-10/h1-4,10,18H,5-9H2,(H,20,21)/t10-/m1/s1. The molecule has 0 spiro atoms. The maximum Gasteiger partial charge on any atom is 0.573 e. The van der Waals surface area contributed by atoms with E-state index in [0.717, 1.165) is 0 Å². The van der Waals surface area contributed by atoms with Crippen molar-refractivity contribution in [2.24, 2.45) is 0 Å². The SMILES string of the molecule is O=C(O)N1CCN[C@H](CCOc2ccccc2OC(F)(F)F)C1. The first-order valence-electron chi connectivity index (χ1n) is 7.04. The quantitative estimate of drug-likeness (QED) is 0.865. The fourth-order valence-corrected chi connectivity index (χ4v) is 2.28. The van der Waals surface area contributed by atoms with E-state index in [4.69, 9.17) is 9.84 Å². The van der Waals surface area contributed by atoms with Gasteiger partial charge in [-0.05, 0) is 18.6 Å². The summed E-state index contributed by atoms with van der Waals surface area (Å²) in [6.45, 7) is 1.41. The smallest absolute Gasteiger partial charge is 0.490 e. The van der Waals surface area contributed by atoms with Crippen LogP contribution >= 0.6 is 0 Å². The Balaban J connectivity index is 1.85. The van der Waals surface area contributed by atoms with Gasteiger partial charge in [-0.15, -0.1) is 13.2 Å². The van der Waals surface area contributed by atoms with Gasteiger partial charge in [-0.25, -0.2) is 4.79 Å². The van der Waals surface area contributed by atoms with Crippen LogP contribution in [-0.2, 0) is 0 Å². The molecular formula is C14H17F3N2O4. The molecular weight excluding hydrogens is 317 g/mol. The number of carboxylic acid groups (broad SMARTS) is 1. The largest absolute Gasteiger partial charge is 0.573 e. The third-order valence-corrected chi connectivity index (χ3v) is 3.32. The lowest BCUT2D eigenvalue weighted by molar-refractivity contribution is -0.275. The monoisotopic (exact) mass is 334 g/mol. The van der Waals surface area contributed by atoms with Gasteiger partial charge >= 0.3 is 12.5 Å². The van der Waals surface area contributed by atoms with Crippen LogP contribution in [0.5, 0.6) is 11.5 Å². The van der Waals surface area contributed by atoms with Crippen molar-refractivity contribution < 1.29 is 32.5 Å². The van der Waals surface area contributed by atoms with Gasteiger partial charge in [-0.1, -0.05) is 12.1 Å². The lowest BCUT2D eigenvalue weighted by atomic mass is 10.1. The van der Waals surface area contributed by atoms with Gasteiger partial charge in [-0.3, -0.25) is 0 Å². The summed E-state index contributed by atoms with van der Waals surface area (Å²) < 4.78 is 46.2. The van der Waals surface area contributed by atoms with Crippen LogP contribution in [0.4, 0.5) is 18.0 Å². The van der Waals surface area contributed by atoms with E-state index in [-0.39, 0.29) is 18.4 Å². The third-order valence-electron chi connectivity index (χ3n) is 3.32. The van der Waals surface area contributed by atoms with Gasteiger partial charge in [0.05, 0.1) is 6.61 Å². The van der Waals surface area contributed by atoms with E-state index < -0.39 is 18.2 Å². The molecule has 0 aromatic heterocycles. The third kappa shape index (κ3) is 5.51. The summed E-state index contributed by atoms with van der Waals surface area (Å²) >= 11 is 0. The Morgan fingerprint density at radius 3 is 2.70 bits per heavy atom. The first-order chi connectivity index (χ1) is 10.8. The predicted molar refractivity (Wildman–Crippen MR) is 74.6 cm³/mol. The van der Waals surface area contributed by atoms with E-state index in [1.807, 2.05) is 0 Å². The highest BCUT2D eigenvalue weighted by atomic mass is 19.4. The fraction of sp³-hybridized carbons (Fsp3) is 0.500. The van der Waals surface area contributed by atoms with E-state index in [1.54, 1.807) is 6.07 Å². The number of hydrogen-bond acceptors (Lipinski definition) is 4. The van der Waals surface area contributed by atoms with E-state index in [2.05, 4.69) is 10.1 Å². The van der Waals surface area contributed by atoms with Gasteiger partial charge < -0.3 is 24.8 Å². The number of carbonyl (C=O) groups is 1. The van der Waals surface area contributed by atoms with E-state index >= 15 is 0 Å². The molecule has 1 saturated heterocycles. The summed E-state index contributed by atoms with van der Waals surface area (Å²) in [5.41, 5.74) is 0. The number of nitrogens with zero attached hydrogens (tertiary/aromatic N) is 1. The van der Waals surface area contributed by atoms with Gasteiger partial charge in [0.2, 0.25) is 0 Å². The summed E-state index contributed by atoms with van der Waals surface area (Å²) in [6.07, 6.45) is -5.31. The van der Waals surface area contributed by atoms with Gasteiger partial charge in [0, 0.05) is 25.7 Å². The van der Waals surface area contributed by atoms with Gasteiger partial charge in [0.15, 0.2) is 11.5 Å². The second-order valence-corrected chi connectivity index (χ2v) is 5.01. The minimum Gasteiger partial charge on any atom is -0.490 e. The van der Waals surface area contributed by atoms with Crippen molar-refractivity contribution in [3.8, 4) is 11.5 Å². The summed E-state index contributed by atoms with van der Waals surface area (Å²) in [6, 6.07) is 5.42. The summed E-state index contributed by atoms with van der Waals surface area (Å²) in [4.78, 5) is 12.2. The number of amides is 1. The fourth-order valence-electron chi connectivity index (χ4n) is 2.28. The highest BCUT2D eigenvalue weighted by Crippen LogP contribution is 2.31. The molecule has 0 radical (unpaired) electrons. The van der Waals surface area contributed by atoms with Crippen molar-refractivity contribution in [2.45, 2.75) is 18.8 Å². The Morgan fingerprint density at radius 1 is 1.35 bits per heavy atom. The maximum absolute atomic E-state index is 12.3. The predicted octanol–water partition coefficient (Wildman–Crippen LogP) is 2.31. The molecule has 23 heavy (non-hydrogen) atoms. The topological polar surface area (TPSA) is 71.0 Å². The summed E-state index contributed by atoms with van der Waals surface area (Å²) in [7, 11) is 0. The number of ether oxygens (including phenoxy) is 2. The van der Waals surface area contributed by atoms with Crippen molar-refractivity contribution in [3.05, 3.63) is 24.3 Å². The van der Waals surface area contributed by atoms with Gasteiger partial charge in [-0.2, -0.15) is 0 Å².